The van der Waals surface area contributed by atoms with Gasteiger partial charge in [0.2, 0.25) is 0 Å². The molecule has 0 atom stereocenters. The van der Waals surface area contributed by atoms with Crippen molar-refractivity contribution in [1.82, 2.24) is 10.6 Å². The van der Waals surface area contributed by atoms with Crippen molar-refractivity contribution in [3.05, 3.63) is 59.2 Å². The van der Waals surface area contributed by atoms with Gasteiger partial charge in [-0.1, -0.05) is 29.8 Å². The number of guanidine groups is 1. The maximum absolute atomic E-state index is 12.6. The fourth-order valence-electron chi connectivity index (χ4n) is 2.59. The lowest BCUT2D eigenvalue weighted by Crippen LogP contribution is -2.36. The predicted molar refractivity (Wildman–Crippen MR) is 109 cm³/mol. The van der Waals surface area contributed by atoms with Crippen LogP contribution in [-0.2, 0) is 22.9 Å². The second kappa shape index (κ2) is 10.2. The van der Waals surface area contributed by atoms with E-state index in [1.54, 1.807) is 36.4 Å². The summed E-state index contributed by atoms with van der Waals surface area (Å²) in [4.78, 5) is 4.71. The number of benzene rings is 2. The van der Waals surface area contributed by atoms with Gasteiger partial charge in [-0.05, 0) is 37.6 Å². The largest absolute Gasteiger partial charge is 0.434 e. The van der Waals surface area contributed by atoms with Gasteiger partial charge in [-0.15, -0.1) is 0 Å². The Morgan fingerprint density at radius 1 is 1.14 bits per heavy atom. The summed E-state index contributed by atoms with van der Waals surface area (Å²) < 4.78 is 52.9. The van der Waals surface area contributed by atoms with Crippen LogP contribution in [0.1, 0.15) is 23.6 Å². The molecule has 0 amide bonds. The molecule has 0 aliphatic heterocycles. The van der Waals surface area contributed by atoms with Gasteiger partial charge in [-0.25, -0.2) is 13.4 Å². The molecule has 0 saturated heterocycles. The first kappa shape index (κ1) is 22.6. The molecule has 0 aliphatic rings. The third kappa shape index (κ3) is 7.34. The van der Waals surface area contributed by atoms with Gasteiger partial charge < -0.3 is 15.4 Å². The Morgan fingerprint density at radius 3 is 2.41 bits per heavy atom. The van der Waals surface area contributed by atoms with Crippen molar-refractivity contribution < 1.29 is 21.9 Å². The molecule has 0 heterocycles. The minimum Gasteiger partial charge on any atom is -0.434 e. The van der Waals surface area contributed by atoms with Crippen molar-refractivity contribution >= 4 is 15.8 Å². The Balaban J connectivity index is 2.09. The van der Waals surface area contributed by atoms with Crippen LogP contribution in [-0.4, -0.2) is 33.8 Å². The standard InChI is InChI=1S/C20H25F2N3O3S/c1-4-23-20(24-12-15-6-8-17(9-7-15)29(3,26)27)25-13-16-11-14(2)5-10-18(16)28-19(21)22/h5-11,19H,4,12-13H2,1-3H3,(H2,23,24,25). The molecule has 2 aromatic carbocycles. The number of halogens is 2. The predicted octanol–water partition coefficient (Wildman–Crippen LogP) is 3.26. The molecule has 0 aliphatic carbocycles. The summed E-state index contributed by atoms with van der Waals surface area (Å²) in [6, 6.07) is 11.5. The molecule has 0 unspecified atom stereocenters. The molecule has 0 aromatic heterocycles. The van der Waals surface area contributed by atoms with Crippen molar-refractivity contribution in [3.63, 3.8) is 0 Å². The summed E-state index contributed by atoms with van der Waals surface area (Å²) in [5.41, 5.74) is 2.36. The van der Waals surface area contributed by atoms with Gasteiger partial charge in [0.05, 0.1) is 11.4 Å². The van der Waals surface area contributed by atoms with E-state index in [0.717, 1.165) is 17.4 Å². The van der Waals surface area contributed by atoms with Gasteiger partial charge in [0.1, 0.15) is 5.75 Å². The van der Waals surface area contributed by atoms with Gasteiger partial charge in [-0.2, -0.15) is 8.78 Å². The number of ether oxygens (including phenoxy) is 1. The van der Waals surface area contributed by atoms with E-state index in [-0.39, 0.29) is 17.2 Å². The molecule has 9 heteroatoms. The quantitative estimate of drug-likeness (QED) is 0.501. The van der Waals surface area contributed by atoms with Crippen molar-refractivity contribution in [3.8, 4) is 5.75 Å². The smallest absolute Gasteiger partial charge is 0.387 e. The summed E-state index contributed by atoms with van der Waals surface area (Å²) in [6.07, 6.45) is 1.16. The second-order valence-electron chi connectivity index (χ2n) is 6.45. The van der Waals surface area contributed by atoms with Crippen LogP contribution in [0.15, 0.2) is 52.4 Å². The summed E-state index contributed by atoms with van der Waals surface area (Å²) in [6.45, 7) is 2.09. The van der Waals surface area contributed by atoms with E-state index < -0.39 is 16.4 Å². The van der Waals surface area contributed by atoms with E-state index >= 15 is 0 Å². The number of hydrogen-bond donors (Lipinski definition) is 2. The fraction of sp³-hybridized carbons (Fsp3) is 0.350. The molecule has 2 rings (SSSR count). The molecule has 0 saturated carbocycles. The van der Waals surface area contributed by atoms with Crippen LogP contribution in [0.5, 0.6) is 5.75 Å². The molecule has 0 bridgehead atoms. The topological polar surface area (TPSA) is 79.8 Å². The van der Waals surface area contributed by atoms with Gasteiger partial charge in [0, 0.05) is 24.9 Å². The zero-order valence-corrected chi connectivity index (χ0v) is 17.4. The monoisotopic (exact) mass is 425 g/mol. The Morgan fingerprint density at radius 2 is 1.83 bits per heavy atom. The summed E-state index contributed by atoms with van der Waals surface area (Å²) in [7, 11) is -3.24. The lowest BCUT2D eigenvalue weighted by molar-refractivity contribution is -0.0504. The van der Waals surface area contributed by atoms with E-state index in [0.29, 0.717) is 24.6 Å². The van der Waals surface area contributed by atoms with Crippen LogP contribution >= 0.6 is 0 Å². The minimum atomic E-state index is -3.24. The number of nitrogens with one attached hydrogen (secondary N) is 2. The van der Waals surface area contributed by atoms with E-state index in [1.165, 1.54) is 6.07 Å². The molecule has 6 nitrogen and oxygen atoms in total. The molecule has 2 N–H and O–H groups in total. The Labute approximate surface area is 169 Å². The zero-order chi connectivity index (χ0) is 21.4. The Hall–Kier alpha value is -2.68. The van der Waals surface area contributed by atoms with E-state index in [1.807, 2.05) is 13.8 Å². The van der Waals surface area contributed by atoms with E-state index in [2.05, 4.69) is 20.4 Å². The molecule has 2 aromatic rings. The maximum Gasteiger partial charge on any atom is 0.387 e. The highest BCUT2D eigenvalue weighted by Crippen LogP contribution is 2.22. The first-order chi connectivity index (χ1) is 13.7. The normalized spacial score (nSPS) is 12.1. The lowest BCUT2D eigenvalue weighted by Gasteiger charge is -2.15. The third-order valence-electron chi connectivity index (χ3n) is 3.99. The number of hydrogen-bond acceptors (Lipinski definition) is 4. The van der Waals surface area contributed by atoms with Crippen LogP contribution in [0.3, 0.4) is 0 Å². The van der Waals surface area contributed by atoms with E-state index in [4.69, 9.17) is 0 Å². The minimum absolute atomic E-state index is 0.116. The number of aryl methyl sites for hydroxylation is 1. The highest BCUT2D eigenvalue weighted by molar-refractivity contribution is 7.90. The second-order valence-corrected chi connectivity index (χ2v) is 8.47. The number of nitrogens with zero attached hydrogens (tertiary/aromatic N) is 1. The van der Waals surface area contributed by atoms with Crippen molar-refractivity contribution in [1.29, 1.82) is 0 Å². The van der Waals surface area contributed by atoms with Gasteiger partial charge in [0.25, 0.3) is 0 Å². The van der Waals surface area contributed by atoms with Gasteiger partial charge in [0.15, 0.2) is 15.8 Å². The molecule has 0 spiro atoms. The first-order valence-corrected chi connectivity index (χ1v) is 10.9. The number of sulfone groups is 1. The molecule has 158 valence electrons. The highest BCUT2D eigenvalue weighted by atomic mass is 32.2. The Bertz CT molecular complexity index is 946. The lowest BCUT2D eigenvalue weighted by atomic mass is 10.1. The first-order valence-electron chi connectivity index (χ1n) is 9.04. The van der Waals surface area contributed by atoms with Crippen LogP contribution in [0.2, 0.25) is 0 Å². The third-order valence-corrected chi connectivity index (χ3v) is 5.12. The maximum atomic E-state index is 12.6. The molecular formula is C20H25F2N3O3S. The fourth-order valence-corrected chi connectivity index (χ4v) is 3.22. The SMILES string of the molecule is CCNC(=NCc1ccc(S(C)(=O)=O)cc1)NCc1cc(C)ccc1OC(F)F. The van der Waals surface area contributed by atoms with E-state index in [9.17, 15) is 17.2 Å². The zero-order valence-electron chi connectivity index (χ0n) is 16.6. The summed E-state index contributed by atoms with van der Waals surface area (Å²) in [5.74, 6) is 0.620. The van der Waals surface area contributed by atoms with Crippen LogP contribution in [0.25, 0.3) is 0 Å². The molecule has 29 heavy (non-hydrogen) atoms. The molecule has 0 radical (unpaired) electrons. The van der Waals surface area contributed by atoms with Crippen LogP contribution < -0.4 is 15.4 Å². The van der Waals surface area contributed by atoms with Crippen LogP contribution in [0, 0.1) is 6.92 Å². The van der Waals surface area contributed by atoms with Crippen LogP contribution in [0.4, 0.5) is 8.78 Å². The average molecular weight is 426 g/mol. The van der Waals surface area contributed by atoms with Crippen molar-refractivity contribution in [2.75, 3.05) is 12.8 Å². The molecule has 0 fully saturated rings. The Kier molecular flexibility index (Phi) is 7.95. The van der Waals surface area contributed by atoms with Crippen molar-refractivity contribution in [2.45, 2.75) is 38.4 Å². The van der Waals surface area contributed by atoms with Crippen molar-refractivity contribution in [2.24, 2.45) is 4.99 Å². The number of alkyl halides is 2. The number of aliphatic imine (C=N–C) groups is 1. The average Bonchev–Trinajstić information content (AvgIpc) is 2.65. The van der Waals surface area contributed by atoms with Gasteiger partial charge in [-0.3, -0.25) is 0 Å². The number of rotatable bonds is 8. The summed E-state index contributed by atoms with van der Waals surface area (Å²) >= 11 is 0. The highest BCUT2D eigenvalue weighted by Gasteiger charge is 2.11. The molecular weight excluding hydrogens is 400 g/mol. The summed E-state index contributed by atoms with van der Waals surface area (Å²) in [5, 5.41) is 6.19. The van der Waals surface area contributed by atoms with Gasteiger partial charge >= 0.3 is 6.61 Å².